The Hall–Kier alpha value is -3.34. The zero-order valence-electron chi connectivity index (χ0n) is 17.1. The molecule has 160 valence electrons. The van der Waals surface area contributed by atoms with Crippen LogP contribution in [0.1, 0.15) is 19.4 Å². The molecule has 10 heteroatoms. The number of fused-ring (bicyclic) bond motifs is 7. The minimum atomic E-state index is -4.49. The molecule has 2 N–H and O–H groups in total. The minimum absolute atomic E-state index is 0.138. The zero-order valence-corrected chi connectivity index (χ0v) is 18.7. The van der Waals surface area contributed by atoms with Gasteiger partial charge in [0.05, 0.1) is 16.3 Å². The first kappa shape index (κ1) is 20.6. The fourth-order valence-corrected chi connectivity index (χ4v) is 6.05. The maximum Gasteiger partial charge on any atom is 0.295 e. The molecule has 3 heterocycles. The average Bonchev–Trinajstić information content (AvgIpc) is 2.78. The summed E-state index contributed by atoms with van der Waals surface area (Å²) in [4.78, 5) is 19.2. The van der Waals surface area contributed by atoms with Crippen molar-refractivity contribution in [2.75, 3.05) is 5.32 Å². The molecule has 2 aromatic carbocycles. The predicted molar refractivity (Wildman–Crippen MR) is 125 cm³/mol. The predicted octanol–water partition coefficient (Wildman–Crippen LogP) is 4.98. The molecule has 0 saturated heterocycles. The van der Waals surface area contributed by atoms with Gasteiger partial charge in [0.1, 0.15) is 27.0 Å². The van der Waals surface area contributed by atoms with Crippen LogP contribution >= 0.6 is 11.8 Å². The summed E-state index contributed by atoms with van der Waals surface area (Å²) in [6, 6.07) is 5.28. The van der Waals surface area contributed by atoms with Gasteiger partial charge in [-0.1, -0.05) is 36.0 Å². The van der Waals surface area contributed by atoms with Gasteiger partial charge in [0, 0.05) is 35.2 Å². The lowest BCUT2D eigenvalue weighted by molar-refractivity contribution is 0.496. The van der Waals surface area contributed by atoms with Gasteiger partial charge in [0.25, 0.3) is 10.1 Å². The van der Waals surface area contributed by atoms with Crippen LogP contribution in [0.15, 0.2) is 70.5 Å². The molecule has 4 aromatic rings. The molecule has 0 amide bonds. The van der Waals surface area contributed by atoms with Crippen LogP contribution in [0.5, 0.6) is 0 Å². The maximum atomic E-state index is 12.4. The summed E-state index contributed by atoms with van der Waals surface area (Å²) in [6.07, 6.45) is 9.81. The first-order valence-electron chi connectivity index (χ1n) is 9.67. The van der Waals surface area contributed by atoms with E-state index in [9.17, 15) is 13.0 Å². The number of benzene rings is 2. The molecular formula is C22H17N5O3S2. The number of nitrogens with one attached hydrogen (secondary N) is 1. The van der Waals surface area contributed by atoms with Crippen molar-refractivity contribution >= 4 is 60.2 Å². The van der Waals surface area contributed by atoms with Gasteiger partial charge in [-0.2, -0.15) is 8.42 Å². The Kier molecular flexibility index (Phi) is 4.92. The van der Waals surface area contributed by atoms with Crippen molar-refractivity contribution < 1.29 is 13.0 Å². The molecular weight excluding hydrogens is 446 g/mol. The second-order valence-electron chi connectivity index (χ2n) is 7.11. The second kappa shape index (κ2) is 7.66. The van der Waals surface area contributed by atoms with E-state index >= 15 is 0 Å². The van der Waals surface area contributed by atoms with E-state index < -0.39 is 10.1 Å². The van der Waals surface area contributed by atoms with E-state index in [0.717, 1.165) is 10.6 Å². The number of aromatic nitrogens is 4. The standard InChI is InChI=1S/C22H17N5O3S2/c1-3-5-12(2)22(32(28,29)30)13-6-4-7-14-20(13)31-21-18-16(24-10-11-26-18)15-17(19(21)27-14)25-9-8-23-15/h3-11,27H,1-2H3,(H,28,29,30). The van der Waals surface area contributed by atoms with Crippen molar-refractivity contribution in [3.8, 4) is 0 Å². The van der Waals surface area contributed by atoms with Gasteiger partial charge in [0.15, 0.2) is 0 Å². The summed E-state index contributed by atoms with van der Waals surface area (Å²) in [5.41, 5.74) is 4.79. The number of rotatable bonds is 3. The Morgan fingerprint density at radius 2 is 1.59 bits per heavy atom. The third kappa shape index (κ3) is 3.24. The number of anilines is 2. The lowest BCUT2D eigenvalue weighted by Crippen LogP contribution is -2.09. The zero-order chi connectivity index (χ0) is 22.5. The van der Waals surface area contributed by atoms with Crippen LogP contribution in [-0.2, 0) is 10.1 Å². The van der Waals surface area contributed by atoms with Crippen LogP contribution in [0.25, 0.3) is 27.0 Å². The van der Waals surface area contributed by atoms with Crippen LogP contribution in [-0.4, -0.2) is 32.9 Å². The first-order valence-corrected chi connectivity index (χ1v) is 11.9. The van der Waals surface area contributed by atoms with E-state index in [1.54, 1.807) is 62.9 Å². The molecule has 8 nitrogen and oxygen atoms in total. The smallest absolute Gasteiger partial charge is 0.295 e. The quantitative estimate of drug-likeness (QED) is 0.217. The monoisotopic (exact) mass is 463 g/mol. The van der Waals surface area contributed by atoms with Crippen molar-refractivity contribution in [1.29, 1.82) is 0 Å². The Bertz CT molecular complexity index is 1580. The molecule has 0 saturated carbocycles. The van der Waals surface area contributed by atoms with Crippen molar-refractivity contribution in [1.82, 2.24) is 19.9 Å². The largest absolute Gasteiger partial charge is 0.352 e. The average molecular weight is 464 g/mol. The molecule has 1 aliphatic heterocycles. The second-order valence-corrected chi connectivity index (χ2v) is 9.49. The Morgan fingerprint density at radius 3 is 2.25 bits per heavy atom. The highest BCUT2D eigenvalue weighted by Gasteiger charge is 2.29. The van der Waals surface area contributed by atoms with Gasteiger partial charge in [-0.05, 0) is 25.5 Å². The summed E-state index contributed by atoms with van der Waals surface area (Å²) in [5, 5.41) is 3.39. The Morgan fingerprint density at radius 1 is 0.969 bits per heavy atom. The highest BCUT2D eigenvalue weighted by molar-refractivity contribution is 8.00. The lowest BCUT2D eigenvalue weighted by Gasteiger charge is -2.25. The van der Waals surface area contributed by atoms with E-state index in [1.165, 1.54) is 11.8 Å². The van der Waals surface area contributed by atoms with Crippen LogP contribution in [0.3, 0.4) is 0 Å². The molecule has 0 unspecified atom stereocenters. The van der Waals surface area contributed by atoms with Crippen molar-refractivity contribution in [2.45, 2.75) is 23.6 Å². The van der Waals surface area contributed by atoms with Crippen LogP contribution in [0.4, 0.5) is 11.4 Å². The summed E-state index contributed by atoms with van der Waals surface area (Å²) < 4.78 is 34.8. The number of nitrogens with zero attached hydrogens (tertiary/aromatic N) is 4. The molecule has 2 aromatic heterocycles. The number of hydrogen-bond donors (Lipinski definition) is 2. The highest BCUT2D eigenvalue weighted by atomic mass is 32.2. The molecule has 0 spiro atoms. The molecule has 1 aliphatic rings. The third-order valence-electron chi connectivity index (χ3n) is 5.06. The normalized spacial score (nSPS) is 14.2. The van der Waals surface area contributed by atoms with Crippen molar-refractivity contribution in [3.63, 3.8) is 0 Å². The van der Waals surface area contributed by atoms with Crippen LogP contribution < -0.4 is 5.32 Å². The lowest BCUT2D eigenvalue weighted by atomic mass is 10.1. The molecule has 0 bridgehead atoms. The van der Waals surface area contributed by atoms with Gasteiger partial charge in [0.2, 0.25) is 0 Å². The Labute approximate surface area is 188 Å². The maximum absolute atomic E-state index is 12.4. The summed E-state index contributed by atoms with van der Waals surface area (Å²) in [5.74, 6) is 0. The van der Waals surface area contributed by atoms with Crippen molar-refractivity contribution in [2.24, 2.45) is 0 Å². The number of hydrogen-bond acceptors (Lipinski definition) is 8. The van der Waals surface area contributed by atoms with E-state index in [4.69, 9.17) is 0 Å². The molecule has 0 aliphatic carbocycles. The molecule has 5 rings (SSSR count). The van der Waals surface area contributed by atoms with Gasteiger partial charge in [-0.25, -0.2) is 0 Å². The van der Waals surface area contributed by atoms with Gasteiger partial charge in [-0.3, -0.25) is 24.5 Å². The summed E-state index contributed by atoms with van der Waals surface area (Å²) in [7, 11) is -4.49. The van der Waals surface area contributed by atoms with E-state index in [1.807, 2.05) is 6.07 Å². The van der Waals surface area contributed by atoms with Gasteiger partial charge in [-0.15, -0.1) is 0 Å². The highest BCUT2D eigenvalue weighted by Crippen LogP contribution is 2.52. The minimum Gasteiger partial charge on any atom is -0.352 e. The number of allylic oxidation sites excluding steroid dienone is 3. The van der Waals surface area contributed by atoms with Crippen LogP contribution in [0, 0.1) is 0 Å². The van der Waals surface area contributed by atoms with Crippen LogP contribution in [0.2, 0.25) is 0 Å². The van der Waals surface area contributed by atoms with Gasteiger partial charge < -0.3 is 5.32 Å². The molecule has 32 heavy (non-hydrogen) atoms. The van der Waals surface area contributed by atoms with E-state index in [-0.39, 0.29) is 4.91 Å². The third-order valence-corrected chi connectivity index (χ3v) is 7.36. The fraction of sp³-hybridized carbons (Fsp3) is 0.0909. The van der Waals surface area contributed by atoms with Gasteiger partial charge >= 0.3 is 0 Å². The van der Waals surface area contributed by atoms with E-state index in [2.05, 4.69) is 25.3 Å². The summed E-state index contributed by atoms with van der Waals surface area (Å²) >= 11 is 1.37. The fourth-order valence-electron chi connectivity index (χ4n) is 3.85. The summed E-state index contributed by atoms with van der Waals surface area (Å²) in [6.45, 7) is 3.44. The van der Waals surface area contributed by atoms with E-state index in [0.29, 0.717) is 43.8 Å². The SMILES string of the molecule is CC=CC(C)=C(c1cccc2c1Sc1c(c3nccnc3c3nccnc13)N2)S(=O)(=O)O. The topological polar surface area (TPSA) is 118 Å². The first-order chi connectivity index (χ1) is 15.4. The molecule has 0 atom stereocenters. The molecule has 0 radical (unpaired) electrons. The van der Waals surface area contributed by atoms with Crippen molar-refractivity contribution in [3.05, 3.63) is 66.3 Å². The molecule has 0 fully saturated rings. The Balaban J connectivity index is 1.82.